The lowest BCUT2D eigenvalue weighted by molar-refractivity contribution is -0.115. The second kappa shape index (κ2) is 8.13. The number of ether oxygens (including phenoxy) is 3. The normalized spacial score (nSPS) is 10.2. The summed E-state index contributed by atoms with van der Waals surface area (Å²) in [5.74, 6) is 1.10. The summed E-state index contributed by atoms with van der Waals surface area (Å²) >= 11 is 11.9. The van der Waals surface area contributed by atoms with Gasteiger partial charge in [0.15, 0.2) is 11.5 Å². The molecule has 24 heavy (non-hydrogen) atoms. The Morgan fingerprint density at radius 1 is 0.917 bits per heavy atom. The first-order valence-corrected chi connectivity index (χ1v) is 7.91. The molecule has 5 nitrogen and oxygen atoms in total. The summed E-state index contributed by atoms with van der Waals surface area (Å²) in [6.45, 7) is 0. The molecule has 0 spiro atoms. The summed E-state index contributed by atoms with van der Waals surface area (Å²) in [5, 5.41) is 0.392. The van der Waals surface area contributed by atoms with Crippen molar-refractivity contribution in [2.75, 3.05) is 32.1 Å². The van der Waals surface area contributed by atoms with Gasteiger partial charge in [0.2, 0.25) is 5.91 Å². The molecule has 0 fully saturated rings. The van der Waals surface area contributed by atoms with E-state index >= 15 is 0 Å². The fourth-order valence-corrected chi connectivity index (χ4v) is 2.63. The van der Waals surface area contributed by atoms with Gasteiger partial charge in [-0.25, -0.2) is 0 Å². The minimum absolute atomic E-state index is 0.183. The van der Waals surface area contributed by atoms with Crippen LogP contribution in [-0.2, 0) is 4.79 Å². The standard InChI is InChI=1S/C17H17Cl2NO4/c1-22-14-6-4-11(8-13(14)19)20(17(21)10-18)12-5-7-15(23-2)16(9-12)24-3/h4-9H,10H2,1-3H3. The van der Waals surface area contributed by atoms with Crippen LogP contribution in [0.3, 0.4) is 0 Å². The van der Waals surface area contributed by atoms with Gasteiger partial charge in [-0.1, -0.05) is 11.6 Å². The van der Waals surface area contributed by atoms with Crippen molar-refractivity contribution in [1.29, 1.82) is 0 Å². The monoisotopic (exact) mass is 369 g/mol. The van der Waals surface area contributed by atoms with Crippen LogP contribution in [0.15, 0.2) is 36.4 Å². The zero-order valence-electron chi connectivity index (χ0n) is 13.5. The molecule has 2 aromatic rings. The van der Waals surface area contributed by atoms with Crippen molar-refractivity contribution in [2.24, 2.45) is 0 Å². The quantitative estimate of drug-likeness (QED) is 0.713. The third kappa shape index (κ3) is 3.68. The topological polar surface area (TPSA) is 48.0 Å². The molecule has 0 aromatic heterocycles. The minimum Gasteiger partial charge on any atom is -0.495 e. The Hall–Kier alpha value is -2.11. The van der Waals surface area contributed by atoms with Crippen molar-refractivity contribution >= 4 is 40.5 Å². The lowest BCUT2D eigenvalue weighted by atomic mass is 10.2. The fraction of sp³-hybridized carbons (Fsp3) is 0.235. The summed E-state index contributed by atoms with van der Waals surface area (Å²) < 4.78 is 15.7. The molecule has 0 radical (unpaired) electrons. The minimum atomic E-state index is -0.301. The number of anilines is 2. The maximum atomic E-state index is 12.4. The number of carbonyl (C=O) groups is 1. The number of benzene rings is 2. The fourth-order valence-electron chi connectivity index (χ4n) is 2.26. The molecule has 0 bridgehead atoms. The van der Waals surface area contributed by atoms with Crippen LogP contribution < -0.4 is 19.1 Å². The van der Waals surface area contributed by atoms with Gasteiger partial charge in [-0.15, -0.1) is 11.6 Å². The van der Waals surface area contributed by atoms with Crippen LogP contribution in [0.1, 0.15) is 0 Å². The molecule has 2 aromatic carbocycles. The molecular weight excluding hydrogens is 353 g/mol. The number of rotatable bonds is 6. The highest BCUT2D eigenvalue weighted by molar-refractivity contribution is 6.33. The Morgan fingerprint density at radius 3 is 1.96 bits per heavy atom. The van der Waals surface area contributed by atoms with Crippen molar-refractivity contribution in [1.82, 2.24) is 0 Å². The number of amides is 1. The third-order valence-corrected chi connectivity index (χ3v) is 3.91. The van der Waals surface area contributed by atoms with Crippen molar-refractivity contribution in [2.45, 2.75) is 0 Å². The Labute approximate surface area is 150 Å². The number of carbonyl (C=O) groups excluding carboxylic acids is 1. The average Bonchev–Trinajstić information content (AvgIpc) is 2.61. The first-order chi connectivity index (χ1) is 11.5. The second-order valence-electron chi connectivity index (χ2n) is 4.72. The molecule has 0 aliphatic rings. The highest BCUT2D eigenvalue weighted by Crippen LogP contribution is 2.37. The van der Waals surface area contributed by atoms with Crippen molar-refractivity contribution < 1.29 is 19.0 Å². The van der Waals surface area contributed by atoms with Crippen LogP contribution in [0.2, 0.25) is 5.02 Å². The molecule has 1 amide bonds. The number of alkyl halides is 1. The summed E-state index contributed by atoms with van der Waals surface area (Å²) in [5.41, 5.74) is 1.15. The smallest absolute Gasteiger partial charge is 0.246 e. The van der Waals surface area contributed by atoms with Crippen LogP contribution in [0.5, 0.6) is 17.2 Å². The van der Waals surface area contributed by atoms with E-state index in [2.05, 4.69) is 0 Å². The Morgan fingerprint density at radius 2 is 1.46 bits per heavy atom. The summed E-state index contributed by atoms with van der Waals surface area (Å²) in [4.78, 5) is 13.8. The molecular formula is C17H17Cl2NO4. The second-order valence-corrected chi connectivity index (χ2v) is 5.40. The maximum absolute atomic E-state index is 12.4. The Balaban J connectivity index is 2.54. The van der Waals surface area contributed by atoms with Crippen molar-refractivity contribution in [3.63, 3.8) is 0 Å². The van der Waals surface area contributed by atoms with Crippen LogP contribution >= 0.6 is 23.2 Å². The van der Waals surface area contributed by atoms with E-state index in [1.807, 2.05) is 0 Å². The molecule has 0 aliphatic carbocycles. The van der Waals surface area contributed by atoms with E-state index in [9.17, 15) is 4.79 Å². The van der Waals surface area contributed by atoms with Crippen LogP contribution in [0, 0.1) is 0 Å². The molecule has 0 aliphatic heterocycles. The van der Waals surface area contributed by atoms with Gasteiger partial charge in [0, 0.05) is 6.07 Å². The number of halogens is 2. The largest absolute Gasteiger partial charge is 0.495 e. The summed E-state index contributed by atoms with van der Waals surface area (Å²) in [7, 11) is 4.60. The lowest BCUT2D eigenvalue weighted by Crippen LogP contribution is -2.27. The zero-order valence-corrected chi connectivity index (χ0v) is 15.0. The van der Waals surface area contributed by atoms with Crippen LogP contribution in [0.25, 0.3) is 0 Å². The van der Waals surface area contributed by atoms with Gasteiger partial charge in [0.25, 0.3) is 0 Å². The van der Waals surface area contributed by atoms with Gasteiger partial charge in [-0.2, -0.15) is 0 Å². The van der Waals surface area contributed by atoms with Crippen LogP contribution in [0.4, 0.5) is 11.4 Å². The van der Waals surface area contributed by atoms with Crippen LogP contribution in [-0.4, -0.2) is 33.1 Å². The predicted octanol–water partition coefficient (Wildman–Crippen LogP) is 4.27. The third-order valence-electron chi connectivity index (χ3n) is 3.38. The molecule has 0 atom stereocenters. The molecule has 0 unspecified atom stereocenters. The number of nitrogens with zero attached hydrogens (tertiary/aromatic N) is 1. The SMILES string of the molecule is COc1ccc(N(C(=O)CCl)c2ccc(OC)c(OC)c2)cc1Cl. The molecule has 0 saturated carbocycles. The number of hydrogen-bond donors (Lipinski definition) is 0. The van der Waals surface area contributed by atoms with Gasteiger partial charge >= 0.3 is 0 Å². The van der Waals surface area contributed by atoms with E-state index in [1.54, 1.807) is 43.5 Å². The van der Waals surface area contributed by atoms with E-state index < -0.39 is 0 Å². The summed E-state index contributed by atoms with van der Waals surface area (Å²) in [6, 6.07) is 10.2. The van der Waals surface area contributed by atoms with E-state index in [4.69, 9.17) is 37.4 Å². The molecule has 128 valence electrons. The first-order valence-electron chi connectivity index (χ1n) is 7.00. The van der Waals surface area contributed by atoms with E-state index in [0.717, 1.165) is 0 Å². The van der Waals surface area contributed by atoms with Gasteiger partial charge in [-0.05, 0) is 30.3 Å². The Bertz CT molecular complexity index is 737. The van der Waals surface area contributed by atoms with Crippen molar-refractivity contribution in [3.05, 3.63) is 41.4 Å². The molecule has 7 heteroatoms. The predicted molar refractivity (Wildman–Crippen MR) is 95.4 cm³/mol. The Kier molecular flexibility index (Phi) is 6.17. The average molecular weight is 370 g/mol. The van der Waals surface area contributed by atoms with E-state index in [1.165, 1.54) is 19.1 Å². The highest BCUT2D eigenvalue weighted by atomic mass is 35.5. The molecule has 0 saturated heterocycles. The van der Waals surface area contributed by atoms with Crippen molar-refractivity contribution in [3.8, 4) is 17.2 Å². The molecule has 0 N–H and O–H groups in total. The van der Waals surface area contributed by atoms with E-state index in [0.29, 0.717) is 33.6 Å². The lowest BCUT2D eigenvalue weighted by Gasteiger charge is -2.23. The van der Waals surface area contributed by atoms with Gasteiger partial charge in [0.05, 0.1) is 37.7 Å². The number of hydrogen-bond acceptors (Lipinski definition) is 4. The van der Waals surface area contributed by atoms with E-state index in [-0.39, 0.29) is 11.8 Å². The zero-order chi connectivity index (χ0) is 17.7. The molecule has 0 heterocycles. The maximum Gasteiger partial charge on any atom is 0.246 e. The van der Waals surface area contributed by atoms with Gasteiger partial charge < -0.3 is 14.2 Å². The summed E-state index contributed by atoms with van der Waals surface area (Å²) in [6.07, 6.45) is 0. The van der Waals surface area contributed by atoms with Gasteiger partial charge in [-0.3, -0.25) is 9.69 Å². The number of methoxy groups -OCH3 is 3. The van der Waals surface area contributed by atoms with Gasteiger partial charge in [0.1, 0.15) is 11.6 Å². The highest BCUT2D eigenvalue weighted by Gasteiger charge is 2.20. The first kappa shape index (κ1) is 18.2. The molecule has 2 rings (SSSR count).